The summed E-state index contributed by atoms with van der Waals surface area (Å²) < 4.78 is 19.3. The molecule has 0 spiro atoms. The van der Waals surface area contributed by atoms with Gasteiger partial charge in [-0.05, 0) is 30.9 Å². The van der Waals surface area contributed by atoms with Gasteiger partial charge in [-0.15, -0.1) is 24.8 Å². The Kier molecular flexibility index (Phi) is 9.02. The Balaban J connectivity index is 0.00000156. The summed E-state index contributed by atoms with van der Waals surface area (Å²) in [7, 11) is 0. The van der Waals surface area contributed by atoms with Crippen LogP contribution in [0.4, 0.5) is 10.1 Å². The van der Waals surface area contributed by atoms with E-state index in [1.54, 1.807) is 0 Å². The molecule has 9 heteroatoms. The van der Waals surface area contributed by atoms with Crippen molar-refractivity contribution in [3.63, 3.8) is 0 Å². The van der Waals surface area contributed by atoms with Crippen LogP contribution < -0.4 is 5.32 Å². The highest BCUT2D eigenvalue weighted by Crippen LogP contribution is 2.39. The Bertz CT molecular complexity index is 550. The minimum Gasteiger partial charge on any atom is -0.381 e. The molecule has 0 unspecified atom stereocenters. The first-order valence-corrected chi connectivity index (χ1v) is 8.13. The number of piperazine rings is 1. The van der Waals surface area contributed by atoms with Gasteiger partial charge in [-0.3, -0.25) is 15.0 Å². The molecule has 2 saturated heterocycles. The third kappa shape index (κ3) is 5.24. The number of nitrogens with one attached hydrogen (secondary N) is 1. The average molecular weight is 396 g/mol. The highest BCUT2D eigenvalue weighted by atomic mass is 35.5. The molecule has 0 aromatic heterocycles. The molecular weight excluding hydrogens is 372 g/mol. The van der Waals surface area contributed by atoms with Gasteiger partial charge in [0.2, 0.25) is 0 Å². The topological polar surface area (TPSA) is 67.6 Å². The lowest BCUT2D eigenvalue weighted by atomic mass is 9.84. The minimum atomic E-state index is -0.419. The summed E-state index contributed by atoms with van der Waals surface area (Å²) in [6.45, 7) is 4.66. The van der Waals surface area contributed by atoms with Crippen LogP contribution in [-0.4, -0.2) is 49.2 Å². The fourth-order valence-corrected chi connectivity index (χ4v) is 3.67. The summed E-state index contributed by atoms with van der Waals surface area (Å²) in [5.74, 6) is -0.167. The lowest BCUT2D eigenvalue weighted by Crippen LogP contribution is -2.47. The molecular formula is C16H24Cl2FN3O3. The zero-order valence-electron chi connectivity index (χ0n) is 13.9. The van der Waals surface area contributed by atoms with Gasteiger partial charge >= 0.3 is 0 Å². The maximum atomic E-state index is 13.8. The molecule has 1 atom stereocenters. The van der Waals surface area contributed by atoms with Crippen LogP contribution in [0.25, 0.3) is 0 Å². The van der Waals surface area contributed by atoms with E-state index < -0.39 is 10.7 Å². The van der Waals surface area contributed by atoms with Gasteiger partial charge in [0, 0.05) is 51.5 Å². The van der Waals surface area contributed by atoms with Crippen molar-refractivity contribution in [2.24, 2.45) is 5.92 Å². The predicted molar refractivity (Wildman–Crippen MR) is 98.3 cm³/mol. The van der Waals surface area contributed by atoms with Crippen LogP contribution >= 0.6 is 24.8 Å². The maximum Gasteiger partial charge on any atom is 0.274 e. The molecule has 6 nitrogen and oxygen atoms in total. The molecule has 2 heterocycles. The zero-order valence-corrected chi connectivity index (χ0v) is 15.5. The molecule has 2 aliphatic rings. The van der Waals surface area contributed by atoms with E-state index in [9.17, 15) is 14.5 Å². The molecule has 0 amide bonds. The van der Waals surface area contributed by atoms with Crippen LogP contribution in [0.1, 0.15) is 24.4 Å². The molecule has 1 aromatic rings. The van der Waals surface area contributed by atoms with Crippen LogP contribution in [0, 0.1) is 21.8 Å². The molecule has 2 aliphatic heterocycles. The quantitative estimate of drug-likeness (QED) is 0.626. The second kappa shape index (κ2) is 10.2. The number of nitro benzene ring substituents is 1. The summed E-state index contributed by atoms with van der Waals surface area (Å²) in [5, 5.41) is 14.7. The number of benzene rings is 1. The summed E-state index contributed by atoms with van der Waals surface area (Å²) in [6.07, 6.45) is 1.70. The molecule has 3 rings (SSSR count). The molecule has 0 aliphatic carbocycles. The van der Waals surface area contributed by atoms with Crippen LogP contribution in [0.3, 0.4) is 0 Å². The third-order valence-electron chi connectivity index (χ3n) is 4.76. The monoisotopic (exact) mass is 395 g/mol. The highest BCUT2D eigenvalue weighted by molar-refractivity contribution is 5.85. The van der Waals surface area contributed by atoms with Crippen molar-refractivity contribution in [2.45, 2.75) is 18.9 Å². The summed E-state index contributed by atoms with van der Waals surface area (Å²) in [5.41, 5.74) is 0.519. The van der Waals surface area contributed by atoms with Gasteiger partial charge in [0.1, 0.15) is 5.82 Å². The minimum absolute atomic E-state index is 0. The van der Waals surface area contributed by atoms with E-state index in [1.807, 2.05) is 0 Å². The molecule has 142 valence electrons. The maximum absolute atomic E-state index is 13.8. The second-order valence-electron chi connectivity index (χ2n) is 6.14. The van der Waals surface area contributed by atoms with Gasteiger partial charge in [-0.1, -0.05) is 0 Å². The van der Waals surface area contributed by atoms with Crippen molar-refractivity contribution in [1.29, 1.82) is 0 Å². The van der Waals surface area contributed by atoms with Crippen molar-refractivity contribution in [3.8, 4) is 0 Å². The van der Waals surface area contributed by atoms with Gasteiger partial charge < -0.3 is 10.1 Å². The fourth-order valence-electron chi connectivity index (χ4n) is 3.67. The Labute approximate surface area is 159 Å². The van der Waals surface area contributed by atoms with Crippen molar-refractivity contribution >= 4 is 30.5 Å². The van der Waals surface area contributed by atoms with Crippen LogP contribution in [0.2, 0.25) is 0 Å². The number of rotatable bonds is 4. The van der Waals surface area contributed by atoms with E-state index in [4.69, 9.17) is 4.74 Å². The number of ether oxygens (including phenoxy) is 1. The first-order chi connectivity index (χ1) is 11.2. The van der Waals surface area contributed by atoms with Gasteiger partial charge in [-0.2, -0.15) is 0 Å². The number of hydrogen-bond donors (Lipinski definition) is 1. The smallest absolute Gasteiger partial charge is 0.274 e. The number of halogens is 3. The van der Waals surface area contributed by atoms with Crippen LogP contribution in [-0.2, 0) is 4.74 Å². The molecule has 1 N–H and O–H groups in total. The molecule has 0 saturated carbocycles. The van der Waals surface area contributed by atoms with Gasteiger partial charge in [-0.25, -0.2) is 4.39 Å². The van der Waals surface area contributed by atoms with E-state index in [2.05, 4.69) is 10.2 Å². The average Bonchev–Trinajstić information content (AvgIpc) is 2.57. The largest absolute Gasteiger partial charge is 0.381 e. The van der Waals surface area contributed by atoms with E-state index in [1.165, 1.54) is 18.2 Å². The number of nitrogens with zero attached hydrogens (tertiary/aromatic N) is 2. The highest BCUT2D eigenvalue weighted by Gasteiger charge is 2.35. The van der Waals surface area contributed by atoms with E-state index in [-0.39, 0.29) is 42.5 Å². The van der Waals surface area contributed by atoms with Crippen LogP contribution in [0.5, 0.6) is 0 Å². The molecule has 0 radical (unpaired) electrons. The van der Waals surface area contributed by atoms with Gasteiger partial charge in [0.05, 0.1) is 10.5 Å². The normalized spacial score (nSPS) is 20.2. The molecule has 1 aromatic carbocycles. The first kappa shape index (κ1) is 22.1. The van der Waals surface area contributed by atoms with Crippen molar-refractivity contribution in [2.75, 3.05) is 39.4 Å². The SMILES string of the molecule is Cl.Cl.O=[N+]([O-])c1ccc(F)cc1[C@H](C1CCOCC1)N1CCNCC1. The third-order valence-corrected chi connectivity index (χ3v) is 4.76. The first-order valence-electron chi connectivity index (χ1n) is 8.13. The van der Waals surface area contributed by atoms with E-state index >= 15 is 0 Å². The van der Waals surface area contributed by atoms with Gasteiger partial charge in [0.15, 0.2) is 0 Å². The summed E-state index contributed by atoms with van der Waals surface area (Å²) in [4.78, 5) is 13.3. The second-order valence-corrected chi connectivity index (χ2v) is 6.14. The van der Waals surface area contributed by atoms with Crippen molar-refractivity contribution in [1.82, 2.24) is 10.2 Å². The number of hydrogen-bond acceptors (Lipinski definition) is 5. The Hall–Kier alpha value is -0.990. The lowest BCUT2D eigenvalue weighted by molar-refractivity contribution is -0.386. The summed E-state index contributed by atoms with van der Waals surface area (Å²) >= 11 is 0. The van der Waals surface area contributed by atoms with Crippen molar-refractivity contribution in [3.05, 3.63) is 39.7 Å². The summed E-state index contributed by atoms with van der Waals surface area (Å²) in [6, 6.07) is 3.68. The fraction of sp³-hybridized carbons (Fsp3) is 0.625. The molecule has 0 bridgehead atoms. The predicted octanol–water partition coefficient (Wildman–Crippen LogP) is 2.95. The Morgan fingerprint density at radius 3 is 2.48 bits per heavy atom. The Morgan fingerprint density at radius 1 is 1.24 bits per heavy atom. The van der Waals surface area contributed by atoms with Crippen LogP contribution in [0.15, 0.2) is 18.2 Å². The number of nitro groups is 1. The van der Waals surface area contributed by atoms with Gasteiger partial charge in [0.25, 0.3) is 5.69 Å². The standard InChI is InChI=1S/C16H22FN3O3.2ClH/c17-13-1-2-15(20(21)22)14(11-13)16(12-3-9-23-10-4-12)19-7-5-18-6-8-19;;/h1-2,11-12,16,18H,3-10H2;2*1H/t16-;;/m0../s1. The van der Waals surface area contributed by atoms with E-state index in [0.717, 1.165) is 39.0 Å². The van der Waals surface area contributed by atoms with E-state index in [0.29, 0.717) is 18.8 Å². The Morgan fingerprint density at radius 2 is 1.88 bits per heavy atom. The lowest BCUT2D eigenvalue weighted by Gasteiger charge is -2.40. The molecule has 2 fully saturated rings. The van der Waals surface area contributed by atoms with Crippen molar-refractivity contribution < 1.29 is 14.1 Å². The molecule has 25 heavy (non-hydrogen) atoms. The zero-order chi connectivity index (χ0) is 16.2.